The molecule has 1 N–H and O–H groups in total. The zero-order valence-electron chi connectivity index (χ0n) is 19.2. The van der Waals surface area contributed by atoms with Crippen molar-refractivity contribution in [2.75, 3.05) is 21.2 Å². The van der Waals surface area contributed by atoms with Crippen LogP contribution in [0, 0.1) is 0 Å². The molecule has 1 amide bonds. The summed E-state index contributed by atoms with van der Waals surface area (Å²) in [7, 11) is 5.71. The Kier molecular flexibility index (Phi) is 6.86. The van der Waals surface area contributed by atoms with Crippen LogP contribution in [-0.2, 0) is 13.1 Å². The number of benzene rings is 3. The molecule has 0 spiro atoms. The van der Waals surface area contributed by atoms with Crippen LogP contribution in [0.5, 0.6) is 5.75 Å². The normalized spacial score (nSPS) is 10.9. The van der Waals surface area contributed by atoms with E-state index < -0.39 is 0 Å². The highest BCUT2D eigenvalue weighted by Gasteiger charge is 2.21. The molecule has 4 rings (SSSR count). The van der Waals surface area contributed by atoms with E-state index in [1.165, 1.54) is 5.56 Å². The Bertz CT molecular complexity index is 1210. The van der Waals surface area contributed by atoms with Crippen molar-refractivity contribution in [2.45, 2.75) is 13.1 Å². The molecule has 0 fully saturated rings. The summed E-state index contributed by atoms with van der Waals surface area (Å²) in [5.74, 6) is 0.483. The molecule has 6 heteroatoms. The van der Waals surface area contributed by atoms with Crippen molar-refractivity contribution in [2.24, 2.45) is 0 Å². The molecule has 0 unspecified atom stereocenters. The van der Waals surface area contributed by atoms with Gasteiger partial charge in [-0.15, -0.1) is 0 Å². The Hall–Kier alpha value is -3.90. The first-order valence-electron chi connectivity index (χ1n) is 10.8. The lowest BCUT2D eigenvalue weighted by atomic mass is 10.1. The highest BCUT2D eigenvalue weighted by Crippen LogP contribution is 2.31. The van der Waals surface area contributed by atoms with Crippen molar-refractivity contribution in [1.29, 1.82) is 0 Å². The fourth-order valence-corrected chi connectivity index (χ4v) is 3.70. The van der Waals surface area contributed by atoms with Gasteiger partial charge in [0, 0.05) is 24.8 Å². The third-order valence-corrected chi connectivity index (χ3v) is 5.32. The molecule has 0 bridgehead atoms. The van der Waals surface area contributed by atoms with E-state index in [0.717, 1.165) is 23.4 Å². The van der Waals surface area contributed by atoms with Gasteiger partial charge < -0.3 is 15.0 Å². The Morgan fingerprint density at radius 3 is 2.30 bits per heavy atom. The van der Waals surface area contributed by atoms with Crippen LogP contribution in [0.1, 0.15) is 21.5 Å². The van der Waals surface area contributed by atoms with Gasteiger partial charge in [-0.2, -0.15) is 5.10 Å². The second-order valence-electron chi connectivity index (χ2n) is 8.11. The second-order valence-corrected chi connectivity index (χ2v) is 8.11. The average Bonchev–Trinajstić information content (AvgIpc) is 3.29. The molecule has 0 saturated carbocycles. The number of rotatable bonds is 8. The first kappa shape index (κ1) is 22.3. The number of hydrogen-bond donors (Lipinski definition) is 1. The van der Waals surface area contributed by atoms with Crippen LogP contribution in [0.3, 0.4) is 0 Å². The maximum absolute atomic E-state index is 13.3. The van der Waals surface area contributed by atoms with Crippen LogP contribution in [0.2, 0.25) is 0 Å². The number of para-hydroxylation sites is 2. The minimum atomic E-state index is -0.185. The maximum Gasteiger partial charge on any atom is 0.255 e. The number of amides is 1. The van der Waals surface area contributed by atoms with Crippen LogP contribution in [-0.4, -0.2) is 41.8 Å². The highest BCUT2D eigenvalue weighted by atomic mass is 16.5. The summed E-state index contributed by atoms with van der Waals surface area (Å²) in [6, 6.07) is 25.6. The summed E-state index contributed by atoms with van der Waals surface area (Å²) in [6.45, 7) is 1.32. The highest BCUT2D eigenvalue weighted by molar-refractivity contribution is 6.00. The Balaban J connectivity index is 1.61. The van der Waals surface area contributed by atoms with Gasteiger partial charge in [-0.25, -0.2) is 4.68 Å². The van der Waals surface area contributed by atoms with Crippen molar-refractivity contribution in [3.05, 3.63) is 102 Å². The lowest BCUT2D eigenvalue weighted by molar-refractivity contribution is 0.0951. The number of methoxy groups -OCH3 is 1. The largest absolute Gasteiger partial charge is 0.496 e. The van der Waals surface area contributed by atoms with Crippen LogP contribution >= 0.6 is 0 Å². The zero-order valence-corrected chi connectivity index (χ0v) is 19.2. The van der Waals surface area contributed by atoms with Crippen molar-refractivity contribution in [3.8, 4) is 22.7 Å². The van der Waals surface area contributed by atoms with E-state index >= 15 is 0 Å². The molecule has 0 aliphatic rings. The first-order chi connectivity index (χ1) is 16.0. The Morgan fingerprint density at radius 2 is 1.61 bits per heavy atom. The molecule has 0 aliphatic carbocycles. The third kappa shape index (κ3) is 5.30. The smallest absolute Gasteiger partial charge is 0.255 e. The van der Waals surface area contributed by atoms with Crippen molar-refractivity contribution in [3.63, 3.8) is 0 Å². The molecule has 4 aromatic rings. The number of hydrogen-bond acceptors (Lipinski definition) is 4. The van der Waals surface area contributed by atoms with Crippen LogP contribution in [0.15, 0.2) is 85.1 Å². The van der Waals surface area contributed by atoms with Crippen LogP contribution < -0.4 is 10.1 Å². The minimum absolute atomic E-state index is 0.185. The van der Waals surface area contributed by atoms with Gasteiger partial charge in [0.05, 0.1) is 18.4 Å². The van der Waals surface area contributed by atoms with E-state index in [1.54, 1.807) is 18.0 Å². The molecule has 168 valence electrons. The number of nitrogens with one attached hydrogen (secondary N) is 1. The summed E-state index contributed by atoms with van der Waals surface area (Å²) in [5, 5.41) is 7.79. The van der Waals surface area contributed by atoms with Crippen molar-refractivity contribution < 1.29 is 9.53 Å². The summed E-state index contributed by atoms with van der Waals surface area (Å²) in [5.41, 5.74) is 5.00. The molecule has 6 nitrogen and oxygen atoms in total. The molecule has 0 radical (unpaired) electrons. The molecule has 0 aliphatic heterocycles. The van der Waals surface area contributed by atoms with Gasteiger partial charge in [0.2, 0.25) is 0 Å². The van der Waals surface area contributed by atoms with Crippen LogP contribution in [0.25, 0.3) is 16.9 Å². The topological polar surface area (TPSA) is 59.4 Å². The molecule has 0 atom stereocenters. The number of aromatic nitrogens is 2. The fourth-order valence-electron chi connectivity index (χ4n) is 3.70. The Morgan fingerprint density at radius 1 is 0.939 bits per heavy atom. The summed E-state index contributed by atoms with van der Waals surface area (Å²) < 4.78 is 7.26. The predicted molar refractivity (Wildman–Crippen MR) is 131 cm³/mol. The first-order valence-corrected chi connectivity index (χ1v) is 10.8. The van der Waals surface area contributed by atoms with E-state index in [-0.39, 0.29) is 5.91 Å². The van der Waals surface area contributed by atoms with Crippen molar-refractivity contribution in [1.82, 2.24) is 20.0 Å². The number of nitrogens with zero attached hydrogens (tertiary/aromatic N) is 3. The average molecular weight is 441 g/mol. The molecule has 3 aromatic carbocycles. The van der Waals surface area contributed by atoms with Gasteiger partial charge in [-0.05, 0) is 49.5 Å². The van der Waals surface area contributed by atoms with E-state index in [1.807, 2.05) is 80.8 Å². The van der Waals surface area contributed by atoms with Crippen molar-refractivity contribution >= 4 is 5.91 Å². The zero-order chi connectivity index (χ0) is 23.2. The van der Waals surface area contributed by atoms with Gasteiger partial charge in [-0.3, -0.25) is 4.79 Å². The van der Waals surface area contributed by atoms with E-state index in [0.29, 0.717) is 23.6 Å². The molecule has 0 saturated heterocycles. The number of carbonyl (C=O) groups is 1. The lowest BCUT2D eigenvalue weighted by Crippen LogP contribution is -2.23. The fraction of sp³-hybridized carbons (Fsp3) is 0.185. The summed E-state index contributed by atoms with van der Waals surface area (Å²) in [4.78, 5) is 15.4. The van der Waals surface area contributed by atoms with Gasteiger partial charge in [0.15, 0.2) is 0 Å². The molecule has 1 heterocycles. The van der Waals surface area contributed by atoms with E-state index in [2.05, 4.69) is 22.3 Å². The second kappa shape index (κ2) is 10.1. The van der Waals surface area contributed by atoms with Gasteiger partial charge in [0.1, 0.15) is 11.4 Å². The molecular weight excluding hydrogens is 412 g/mol. The number of ether oxygens (including phenoxy) is 1. The minimum Gasteiger partial charge on any atom is -0.496 e. The molecule has 1 aromatic heterocycles. The predicted octanol–water partition coefficient (Wildman–Crippen LogP) is 4.54. The summed E-state index contributed by atoms with van der Waals surface area (Å²) >= 11 is 0. The standard InChI is InChI=1S/C27H28N4O2/c1-30(2)18-21-15-13-20(14-16-21)17-28-27(32)24-19-31(22-9-5-4-6-10-22)29-26(24)23-11-7-8-12-25(23)33-3/h4-16,19H,17-18H2,1-3H3,(H,28,32). The molecular formula is C27H28N4O2. The maximum atomic E-state index is 13.3. The SMILES string of the molecule is COc1ccccc1-c1nn(-c2ccccc2)cc1C(=O)NCc1ccc(CN(C)C)cc1. The lowest BCUT2D eigenvalue weighted by Gasteiger charge is -2.11. The number of carbonyl (C=O) groups excluding carboxylic acids is 1. The third-order valence-electron chi connectivity index (χ3n) is 5.32. The van der Waals surface area contributed by atoms with Gasteiger partial charge >= 0.3 is 0 Å². The summed E-state index contributed by atoms with van der Waals surface area (Å²) in [6.07, 6.45) is 1.77. The molecule has 33 heavy (non-hydrogen) atoms. The van der Waals surface area contributed by atoms with E-state index in [9.17, 15) is 4.79 Å². The van der Waals surface area contributed by atoms with E-state index in [4.69, 9.17) is 9.84 Å². The Labute approximate surface area is 194 Å². The van der Waals surface area contributed by atoms with Gasteiger partial charge in [-0.1, -0.05) is 54.6 Å². The van der Waals surface area contributed by atoms with Crippen LogP contribution in [0.4, 0.5) is 0 Å². The monoisotopic (exact) mass is 440 g/mol. The van der Waals surface area contributed by atoms with Gasteiger partial charge in [0.25, 0.3) is 5.91 Å². The quantitative estimate of drug-likeness (QED) is 0.437.